The average molecular weight is 236 g/mol. The summed E-state index contributed by atoms with van der Waals surface area (Å²) in [6, 6.07) is 0.578. The van der Waals surface area contributed by atoms with Crippen LogP contribution in [0, 0.1) is 0 Å². The maximum atomic E-state index is 11.1. The average Bonchev–Trinajstić information content (AvgIpc) is 3.00. The van der Waals surface area contributed by atoms with Crippen LogP contribution in [0.2, 0.25) is 0 Å². The van der Waals surface area contributed by atoms with Crippen LogP contribution in [0.5, 0.6) is 0 Å². The third-order valence-electron chi connectivity index (χ3n) is 2.62. The topological polar surface area (TPSA) is 69.6 Å². The Balaban J connectivity index is 2.22. The zero-order chi connectivity index (χ0) is 11.3. The van der Waals surface area contributed by atoms with Crippen LogP contribution in [0.3, 0.4) is 0 Å². The minimum absolute atomic E-state index is 0.148. The van der Waals surface area contributed by atoms with Gasteiger partial charge in [-0.15, -0.1) is 0 Å². The second-order valence-corrected chi connectivity index (χ2v) is 5.91. The lowest BCUT2D eigenvalue weighted by Crippen LogP contribution is -2.32. The number of aliphatic hydroxyl groups is 1. The quantitative estimate of drug-likeness (QED) is 0.589. The van der Waals surface area contributed by atoms with Gasteiger partial charge in [0.15, 0.2) is 0 Å². The van der Waals surface area contributed by atoms with Gasteiger partial charge >= 0.3 is 0 Å². The number of aliphatic hydroxyl groups excluding tert-OH is 1. The normalized spacial score (nSPS) is 17.3. The highest BCUT2D eigenvalue weighted by atomic mass is 32.2. The van der Waals surface area contributed by atoms with Gasteiger partial charge in [0.2, 0.25) is 10.0 Å². The van der Waals surface area contributed by atoms with Crippen molar-refractivity contribution in [3.8, 4) is 0 Å². The lowest BCUT2D eigenvalue weighted by atomic mass is 10.4. The van der Waals surface area contributed by atoms with E-state index in [1.807, 2.05) is 0 Å². The van der Waals surface area contributed by atoms with Gasteiger partial charge in [-0.2, -0.15) is 0 Å². The van der Waals surface area contributed by atoms with Crippen LogP contribution >= 0.6 is 0 Å². The Hall–Kier alpha value is -0.170. The van der Waals surface area contributed by atoms with Crippen LogP contribution in [0.4, 0.5) is 0 Å². The van der Waals surface area contributed by atoms with Gasteiger partial charge in [0.25, 0.3) is 0 Å². The highest BCUT2D eigenvalue weighted by Crippen LogP contribution is 2.26. The van der Waals surface area contributed by atoms with Crippen LogP contribution in [-0.4, -0.2) is 57.0 Å². The summed E-state index contributed by atoms with van der Waals surface area (Å²) in [6.07, 6.45) is 2.98. The molecule has 0 aromatic heterocycles. The van der Waals surface area contributed by atoms with E-state index in [-0.39, 0.29) is 12.4 Å². The second kappa shape index (κ2) is 5.79. The molecule has 1 rings (SSSR count). The number of hydrogen-bond donors (Lipinski definition) is 2. The number of hydrogen-bond acceptors (Lipinski definition) is 4. The molecule has 0 unspecified atom stereocenters. The summed E-state index contributed by atoms with van der Waals surface area (Å²) in [7, 11) is -1.64. The Morgan fingerprint density at radius 3 is 2.53 bits per heavy atom. The standard InChI is InChI=1S/C9H20N2O3S/c1-10-15(13,14)8-2-5-11(6-7-12)9-3-4-9/h9-10,12H,2-8H2,1H3. The fourth-order valence-corrected chi connectivity index (χ4v) is 2.32. The first kappa shape index (κ1) is 12.9. The van der Waals surface area contributed by atoms with Crippen molar-refractivity contribution < 1.29 is 13.5 Å². The van der Waals surface area contributed by atoms with E-state index >= 15 is 0 Å². The Morgan fingerprint density at radius 1 is 1.40 bits per heavy atom. The number of rotatable bonds is 8. The van der Waals surface area contributed by atoms with Crippen molar-refractivity contribution in [1.82, 2.24) is 9.62 Å². The molecule has 1 fully saturated rings. The summed E-state index contributed by atoms with van der Waals surface area (Å²) < 4.78 is 24.6. The van der Waals surface area contributed by atoms with Crippen LogP contribution in [0.1, 0.15) is 19.3 Å². The largest absolute Gasteiger partial charge is 0.395 e. The maximum Gasteiger partial charge on any atom is 0.211 e. The van der Waals surface area contributed by atoms with Gasteiger partial charge in [-0.25, -0.2) is 13.1 Å². The highest BCUT2D eigenvalue weighted by Gasteiger charge is 2.28. The van der Waals surface area contributed by atoms with E-state index in [1.165, 1.54) is 19.9 Å². The summed E-state index contributed by atoms with van der Waals surface area (Å²) in [4.78, 5) is 2.17. The van der Waals surface area contributed by atoms with Crippen LogP contribution in [0.15, 0.2) is 0 Å². The summed E-state index contributed by atoms with van der Waals surface area (Å²) in [6.45, 7) is 1.56. The third-order valence-corrected chi connectivity index (χ3v) is 4.07. The Kier molecular flexibility index (Phi) is 4.98. The van der Waals surface area contributed by atoms with Gasteiger partial charge in [0.1, 0.15) is 0 Å². The molecule has 6 heteroatoms. The molecule has 2 N–H and O–H groups in total. The lowest BCUT2D eigenvalue weighted by molar-refractivity contribution is 0.189. The van der Waals surface area contributed by atoms with Crippen LogP contribution < -0.4 is 4.72 Å². The third kappa shape index (κ3) is 4.92. The molecule has 0 aromatic rings. The molecule has 0 heterocycles. The minimum Gasteiger partial charge on any atom is -0.395 e. The van der Waals surface area contributed by atoms with Gasteiger partial charge in [-0.05, 0) is 32.9 Å². The minimum atomic E-state index is -3.07. The first-order chi connectivity index (χ1) is 7.09. The van der Waals surface area contributed by atoms with Crippen molar-refractivity contribution in [1.29, 1.82) is 0 Å². The molecular formula is C9H20N2O3S. The summed E-state index contributed by atoms with van der Waals surface area (Å²) >= 11 is 0. The maximum absolute atomic E-state index is 11.1. The van der Waals surface area contributed by atoms with E-state index in [2.05, 4.69) is 9.62 Å². The van der Waals surface area contributed by atoms with E-state index in [1.54, 1.807) is 0 Å². The number of nitrogens with zero attached hydrogens (tertiary/aromatic N) is 1. The molecule has 0 aliphatic heterocycles. The molecule has 0 spiro atoms. The molecule has 0 aromatic carbocycles. The van der Waals surface area contributed by atoms with Crippen molar-refractivity contribution in [3.63, 3.8) is 0 Å². The monoisotopic (exact) mass is 236 g/mol. The van der Waals surface area contributed by atoms with Crippen LogP contribution in [0.25, 0.3) is 0 Å². The first-order valence-corrected chi connectivity index (χ1v) is 7.00. The molecular weight excluding hydrogens is 216 g/mol. The number of nitrogens with one attached hydrogen (secondary N) is 1. The van der Waals surface area contributed by atoms with Gasteiger partial charge in [0.05, 0.1) is 12.4 Å². The Morgan fingerprint density at radius 2 is 2.07 bits per heavy atom. The molecule has 5 nitrogen and oxygen atoms in total. The summed E-state index contributed by atoms with van der Waals surface area (Å²) in [5.41, 5.74) is 0. The SMILES string of the molecule is CNS(=O)(=O)CCCN(CCO)C1CC1. The van der Waals surface area contributed by atoms with E-state index in [4.69, 9.17) is 5.11 Å². The zero-order valence-electron chi connectivity index (χ0n) is 9.15. The molecule has 90 valence electrons. The fourth-order valence-electron chi connectivity index (χ4n) is 1.60. The Bertz CT molecular complexity index is 275. The predicted molar refractivity (Wildman–Crippen MR) is 59.1 cm³/mol. The van der Waals surface area contributed by atoms with Gasteiger partial charge < -0.3 is 5.11 Å². The summed E-state index contributed by atoms with van der Waals surface area (Å²) in [5.74, 6) is 0.165. The Labute approximate surface area is 91.5 Å². The van der Waals surface area contributed by atoms with Gasteiger partial charge in [-0.3, -0.25) is 4.90 Å². The highest BCUT2D eigenvalue weighted by molar-refractivity contribution is 7.89. The van der Waals surface area contributed by atoms with Crippen molar-refractivity contribution in [2.75, 3.05) is 32.5 Å². The molecule has 0 radical (unpaired) electrons. The molecule has 1 aliphatic rings. The molecule has 0 bridgehead atoms. The van der Waals surface area contributed by atoms with E-state index < -0.39 is 10.0 Å². The second-order valence-electron chi connectivity index (χ2n) is 3.87. The molecule has 0 atom stereocenters. The van der Waals surface area contributed by atoms with Crippen molar-refractivity contribution in [3.05, 3.63) is 0 Å². The molecule has 0 saturated heterocycles. The van der Waals surface area contributed by atoms with Crippen molar-refractivity contribution in [2.45, 2.75) is 25.3 Å². The summed E-state index contributed by atoms with van der Waals surface area (Å²) in [5, 5.41) is 8.85. The van der Waals surface area contributed by atoms with E-state index in [0.29, 0.717) is 19.0 Å². The van der Waals surface area contributed by atoms with E-state index in [0.717, 1.165) is 6.54 Å². The van der Waals surface area contributed by atoms with Gasteiger partial charge in [-0.1, -0.05) is 0 Å². The molecule has 15 heavy (non-hydrogen) atoms. The predicted octanol–water partition coefficient (Wildman–Crippen LogP) is -0.618. The van der Waals surface area contributed by atoms with Gasteiger partial charge in [0, 0.05) is 12.6 Å². The zero-order valence-corrected chi connectivity index (χ0v) is 9.96. The molecule has 1 aliphatic carbocycles. The molecule has 1 saturated carbocycles. The van der Waals surface area contributed by atoms with E-state index in [9.17, 15) is 8.42 Å². The lowest BCUT2D eigenvalue weighted by Gasteiger charge is -2.20. The van der Waals surface area contributed by atoms with Crippen LogP contribution in [-0.2, 0) is 10.0 Å². The van der Waals surface area contributed by atoms with Crippen molar-refractivity contribution in [2.24, 2.45) is 0 Å². The van der Waals surface area contributed by atoms with Crippen molar-refractivity contribution >= 4 is 10.0 Å². The molecule has 0 amide bonds. The first-order valence-electron chi connectivity index (χ1n) is 5.35. The number of sulfonamides is 1. The fraction of sp³-hybridized carbons (Fsp3) is 1.00. The smallest absolute Gasteiger partial charge is 0.211 e.